The minimum absolute atomic E-state index is 0.256. The molecule has 1 saturated carbocycles. The first-order valence-corrected chi connectivity index (χ1v) is 8.20. The predicted octanol–water partition coefficient (Wildman–Crippen LogP) is 3.13. The molecular formula is C17H25N5. The molecule has 3 rings (SSSR count). The molecule has 0 amide bonds. The van der Waals surface area contributed by atoms with Gasteiger partial charge in [0, 0.05) is 6.04 Å². The molecule has 0 atom stereocenters. The van der Waals surface area contributed by atoms with Gasteiger partial charge in [0.1, 0.15) is 0 Å². The molecule has 0 unspecified atom stereocenters. The van der Waals surface area contributed by atoms with E-state index in [4.69, 9.17) is 0 Å². The molecule has 118 valence electrons. The zero-order valence-corrected chi connectivity index (χ0v) is 13.7. The summed E-state index contributed by atoms with van der Waals surface area (Å²) in [5.74, 6) is 0.868. The van der Waals surface area contributed by atoms with Gasteiger partial charge in [-0.25, -0.2) is 0 Å². The van der Waals surface area contributed by atoms with Crippen LogP contribution in [0.5, 0.6) is 0 Å². The highest BCUT2D eigenvalue weighted by atomic mass is 15.6. The number of hydrogen-bond donors (Lipinski definition) is 1. The molecule has 0 saturated heterocycles. The first-order valence-electron chi connectivity index (χ1n) is 8.20. The summed E-state index contributed by atoms with van der Waals surface area (Å²) in [5, 5.41) is 16.2. The van der Waals surface area contributed by atoms with Crippen LogP contribution in [0.2, 0.25) is 0 Å². The number of nitrogens with zero attached hydrogens (tertiary/aromatic N) is 4. The predicted molar refractivity (Wildman–Crippen MR) is 86.9 cm³/mol. The van der Waals surface area contributed by atoms with Gasteiger partial charge in [-0.3, -0.25) is 0 Å². The number of rotatable bonds is 4. The molecule has 0 radical (unpaired) electrons. The highest BCUT2D eigenvalue weighted by Gasteiger charge is 2.31. The molecule has 22 heavy (non-hydrogen) atoms. The van der Waals surface area contributed by atoms with E-state index >= 15 is 0 Å². The van der Waals surface area contributed by atoms with Crippen molar-refractivity contribution in [2.75, 3.05) is 0 Å². The molecule has 2 aromatic rings. The van der Waals surface area contributed by atoms with Gasteiger partial charge in [0.05, 0.1) is 11.2 Å². The van der Waals surface area contributed by atoms with Crippen molar-refractivity contribution in [3.63, 3.8) is 0 Å². The molecule has 0 bridgehead atoms. The number of aryl methyl sites for hydroxylation is 1. The van der Waals surface area contributed by atoms with Crippen LogP contribution in [0, 0.1) is 6.92 Å². The number of tetrazole rings is 1. The Morgan fingerprint density at radius 2 is 1.86 bits per heavy atom. The van der Waals surface area contributed by atoms with Crippen molar-refractivity contribution in [3.8, 4) is 5.69 Å². The van der Waals surface area contributed by atoms with Crippen molar-refractivity contribution < 1.29 is 0 Å². The van der Waals surface area contributed by atoms with Crippen LogP contribution in [-0.2, 0) is 5.54 Å². The van der Waals surface area contributed by atoms with Crippen LogP contribution in [-0.4, -0.2) is 26.2 Å². The zero-order chi connectivity index (χ0) is 15.6. The maximum absolute atomic E-state index is 4.31. The van der Waals surface area contributed by atoms with Crippen LogP contribution in [0.4, 0.5) is 0 Å². The monoisotopic (exact) mass is 299 g/mol. The lowest BCUT2D eigenvalue weighted by Crippen LogP contribution is -2.46. The van der Waals surface area contributed by atoms with Crippen molar-refractivity contribution in [1.82, 2.24) is 25.5 Å². The first kappa shape index (κ1) is 15.2. The second-order valence-electron chi connectivity index (χ2n) is 6.81. The normalized spacial score (nSPS) is 16.9. The van der Waals surface area contributed by atoms with Gasteiger partial charge in [-0.05, 0) is 55.7 Å². The standard InChI is InChI=1S/C17H25N5/c1-13-9-7-8-12-15(13)22-16(19-20-21-22)17(2,3)18-14-10-5-4-6-11-14/h7-9,12,14,18H,4-6,10-11H2,1-3H3. The summed E-state index contributed by atoms with van der Waals surface area (Å²) < 4.78 is 1.87. The minimum Gasteiger partial charge on any atom is -0.302 e. The Kier molecular flexibility index (Phi) is 4.25. The Morgan fingerprint density at radius 3 is 2.59 bits per heavy atom. The third kappa shape index (κ3) is 3.04. The molecule has 0 aliphatic heterocycles. The van der Waals surface area contributed by atoms with E-state index in [0.717, 1.165) is 11.5 Å². The third-order valence-electron chi connectivity index (χ3n) is 4.54. The summed E-state index contributed by atoms with van der Waals surface area (Å²) in [6.45, 7) is 6.42. The highest BCUT2D eigenvalue weighted by Crippen LogP contribution is 2.26. The fourth-order valence-electron chi connectivity index (χ4n) is 3.36. The molecule has 1 N–H and O–H groups in total. The minimum atomic E-state index is -0.256. The molecule has 1 aliphatic rings. The Morgan fingerprint density at radius 1 is 1.14 bits per heavy atom. The Balaban J connectivity index is 1.88. The van der Waals surface area contributed by atoms with Gasteiger partial charge in [-0.2, -0.15) is 4.68 Å². The molecule has 0 spiro atoms. The van der Waals surface area contributed by atoms with E-state index in [-0.39, 0.29) is 5.54 Å². The summed E-state index contributed by atoms with van der Waals surface area (Å²) in [6.07, 6.45) is 6.48. The average Bonchev–Trinajstić information content (AvgIpc) is 2.98. The average molecular weight is 299 g/mol. The van der Waals surface area contributed by atoms with Gasteiger partial charge in [0.2, 0.25) is 0 Å². The van der Waals surface area contributed by atoms with Crippen molar-refractivity contribution in [2.24, 2.45) is 0 Å². The van der Waals surface area contributed by atoms with Gasteiger partial charge in [-0.1, -0.05) is 37.5 Å². The molecule has 1 fully saturated rings. The topological polar surface area (TPSA) is 55.6 Å². The smallest absolute Gasteiger partial charge is 0.176 e. The Hall–Kier alpha value is -1.75. The second-order valence-corrected chi connectivity index (χ2v) is 6.81. The molecule has 1 aromatic carbocycles. The van der Waals surface area contributed by atoms with Crippen molar-refractivity contribution in [1.29, 1.82) is 0 Å². The molecule has 5 heteroatoms. The fourth-order valence-corrected chi connectivity index (χ4v) is 3.36. The van der Waals surface area contributed by atoms with Crippen LogP contribution < -0.4 is 5.32 Å². The Labute approximate surface area is 132 Å². The number of aromatic nitrogens is 4. The second kappa shape index (κ2) is 6.16. The number of para-hydroxylation sites is 1. The van der Waals surface area contributed by atoms with E-state index in [1.807, 2.05) is 16.8 Å². The van der Waals surface area contributed by atoms with Gasteiger partial charge in [0.15, 0.2) is 5.82 Å². The van der Waals surface area contributed by atoms with Crippen molar-refractivity contribution >= 4 is 0 Å². The van der Waals surface area contributed by atoms with E-state index in [0.29, 0.717) is 6.04 Å². The third-order valence-corrected chi connectivity index (χ3v) is 4.54. The van der Waals surface area contributed by atoms with Gasteiger partial charge < -0.3 is 5.32 Å². The summed E-state index contributed by atoms with van der Waals surface area (Å²) in [5.41, 5.74) is 1.96. The van der Waals surface area contributed by atoms with Crippen molar-refractivity contribution in [2.45, 2.75) is 64.5 Å². The summed E-state index contributed by atoms with van der Waals surface area (Å²) in [4.78, 5) is 0. The number of benzene rings is 1. The summed E-state index contributed by atoms with van der Waals surface area (Å²) in [7, 11) is 0. The van der Waals surface area contributed by atoms with Gasteiger partial charge in [0.25, 0.3) is 0 Å². The fraction of sp³-hybridized carbons (Fsp3) is 0.588. The van der Waals surface area contributed by atoms with Gasteiger partial charge in [-0.15, -0.1) is 5.10 Å². The summed E-state index contributed by atoms with van der Waals surface area (Å²) in [6, 6.07) is 8.77. The lowest BCUT2D eigenvalue weighted by atomic mass is 9.92. The van der Waals surface area contributed by atoms with E-state index < -0.39 is 0 Å². The van der Waals surface area contributed by atoms with Crippen LogP contribution in [0.3, 0.4) is 0 Å². The quantitative estimate of drug-likeness (QED) is 0.942. The van der Waals surface area contributed by atoms with E-state index in [1.165, 1.54) is 37.7 Å². The molecule has 1 aliphatic carbocycles. The van der Waals surface area contributed by atoms with Crippen LogP contribution in [0.1, 0.15) is 57.3 Å². The zero-order valence-electron chi connectivity index (χ0n) is 13.7. The van der Waals surface area contributed by atoms with Crippen LogP contribution >= 0.6 is 0 Å². The first-order chi connectivity index (χ1) is 10.6. The highest BCUT2D eigenvalue weighted by molar-refractivity contribution is 5.40. The SMILES string of the molecule is Cc1ccccc1-n1nnnc1C(C)(C)NC1CCCCC1. The Bertz CT molecular complexity index is 625. The van der Waals surface area contributed by atoms with Gasteiger partial charge >= 0.3 is 0 Å². The summed E-state index contributed by atoms with van der Waals surface area (Å²) >= 11 is 0. The molecule has 1 heterocycles. The van der Waals surface area contributed by atoms with E-state index in [9.17, 15) is 0 Å². The van der Waals surface area contributed by atoms with E-state index in [2.05, 4.69) is 53.7 Å². The maximum atomic E-state index is 4.31. The van der Waals surface area contributed by atoms with E-state index in [1.54, 1.807) is 0 Å². The lowest BCUT2D eigenvalue weighted by molar-refractivity contribution is 0.270. The molecule has 1 aromatic heterocycles. The number of hydrogen-bond acceptors (Lipinski definition) is 4. The maximum Gasteiger partial charge on any atom is 0.176 e. The van der Waals surface area contributed by atoms with Crippen LogP contribution in [0.25, 0.3) is 5.69 Å². The molecular weight excluding hydrogens is 274 g/mol. The van der Waals surface area contributed by atoms with Crippen LogP contribution in [0.15, 0.2) is 24.3 Å². The largest absolute Gasteiger partial charge is 0.302 e. The molecule has 5 nitrogen and oxygen atoms in total. The number of nitrogens with one attached hydrogen (secondary N) is 1. The van der Waals surface area contributed by atoms with Crippen molar-refractivity contribution in [3.05, 3.63) is 35.7 Å². The lowest BCUT2D eigenvalue weighted by Gasteiger charge is -2.33.